The molecule has 0 aliphatic carbocycles. The van der Waals surface area contributed by atoms with E-state index < -0.39 is 6.10 Å². The zero-order chi connectivity index (χ0) is 16.1. The molecule has 0 spiro atoms. The molecular formula is C16H16Cl2N2O2. The minimum atomic E-state index is -0.678. The molecule has 22 heavy (non-hydrogen) atoms. The van der Waals surface area contributed by atoms with Crippen LogP contribution in [0.2, 0.25) is 10.0 Å². The maximum atomic E-state index is 12.2. The second-order valence-corrected chi connectivity index (χ2v) is 5.69. The topological polar surface area (TPSA) is 51.2 Å². The second-order valence-electron chi connectivity index (χ2n) is 4.85. The zero-order valence-electron chi connectivity index (χ0n) is 12.2. The minimum absolute atomic E-state index is 0.137. The number of rotatable bonds is 5. The van der Waals surface area contributed by atoms with Gasteiger partial charge in [-0.25, -0.2) is 0 Å². The van der Waals surface area contributed by atoms with Crippen molar-refractivity contribution in [3.05, 3.63) is 58.3 Å². The van der Waals surface area contributed by atoms with Crippen molar-refractivity contribution in [2.24, 2.45) is 0 Å². The van der Waals surface area contributed by atoms with Gasteiger partial charge in [-0.05, 0) is 49.7 Å². The predicted octanol–water partition coefficient (Wildman–Crippen LogP) is 4.03. The Kier molecular flexibility index (Phi) is 5.63. The van der Waals surface area contributed by atoms with Gasteiger partial charge in [-0.2, -0.15) is 0 Å². The summed E-state index contributed by atoms with van der Waals surface area (Å²) in [6.07, 6.45) is 2.69. The van der Waals surface area contributed by atoms with Gasteiger partial charge < -0.3 is 10.1 Å². The number of hydrogen-bond acceptors (Lipinski definition) is 3. The highest BCUT2D eigenvalue weighted by Gasteiger charge is 2.18. The molecule has 1 aromatic carbocycles. The van der Waals surface area contributed by atoms with Gasteiger partial charge >= 0.3 is 0 Å². The van der Waals surface area contributed by atoms with Crippen LogP contribution >= 0.6 is 23.2 Å². The predicted molar refractivity (Wildman–Crippen MR) is 87.3 cm³/mol. The number of hydrogen-bond donors (Lipinski definition) is 1. The van der Waals surface area contributed by atoms with Crippen molar-refractivity contribution in [1.82, 2.24) is 10.3 Å². The van der Waals surface area contributed by atoms with Gasteiger partial charge in [0.2, 0.25) is 0 Å². The second kappa shape index (κ2) is 7.47. The van der Waals surface area contributed by atoms with Crippen LogP contribution in [0.25, 0.3) is 0 Å². The highest BCUT2D eigenvalue weighted by molar-refractivity contribution is 6.35. The van der Waals surface area contributed by atoms with E-state index in [1.807, 2.05) is 19.1 Å². The van der Waals surface area contributed by atoms with E-state index in [9.17, 15) is 4.79 Å². The van der Waals surface area contributed by atoms with Gasteiger partial charge in [0.1, 0.15) is 5.75 Å². The summed E-state index contributed by atoms with van der Waals surface area (Å²) in [4.78, 5) is 16.1. The first-order valence-electron chi connectivity index (χ1n) is 6.79. The van der Waals surface area contributed by atoms with Crippen molar-refractivity contribution in [3.63, 3.8) is 0 Å². The molecule has 1 aromatic heterocycles. The van der Waals surface area contributed by atoms with Crippen LogP contribution in [0, 0.1) is 0 Å². The fourth-order valence-electron chi connectivity index (χ4n) is 1.88. The Labute approximate surface area is 139 Å². The van der Waals surface area contributed by atoms with Crippen LogP contribution in [0.5, 0.6) is 5.75 Å². The van der Waals surface area contributed by atoms with Crippen molar-refractivity contribution in [2.75, 3.05) is 0 Å². The normalized spacial score (nSPS) is 13.3. The number of ether oxygens (including phenoxy) is 1. The summed E-state index contributed by atoms with van der Waals surface area (Å²) < 4.78 is 5.58. The Bertz CT molecular complexity index is 650. The van der Waals surface area contributed by atoms with Gasteiger partial charge in [0, 0.05) is 17.4 Å². The first kappa shape index (κ1) is 16.6. The SMILES string of the molecule is C[C@H](Oc1ccc(Cl)cc1Cl)C(=O)N[C@H](C)c1ccncc1. The van der Waals surface area contributed by atoms with Gasteiger partial charge in [-0.1, -0.05) is 23.2 Å². The summed E-state index contributed by atoms with van der Waals surface area (Å²) in [7, 11) is 0. The lowest BCUT2D eigenvalue weighted by Crippen LogP contribution is -2.37. The zero-order valence-corrected chi connectivity index (χ0v) is 13.7. The monoisotopic (exact) mass is 338 g/mol. The number of carbonyl (C=O) groups excluding carboxylic acids is 1. The standard InChI is InChI=1S/C16H16Cl2N2O2/c1-10(12-5-7-19-8-6-12)20-16(21)11(2)22-15-4-3-13(17)9-14(15)18/h3-11H,1-2H3,(H,20,21)/t10-,11+/m1/s1. The highest BCUT2D eigenvalue weighted by Crippen LogP contribution is 2.28. The number of halogens is 2. The summed E-state index contributed by atoms with van der Waals surface area (Å²) in [6, 6.07) is 8.44. The van der Waals surface area contributed by atoms with E-state index in [0.29, 0.717) is 15.8 Å². The minimum Gasteiger partial charge on any atom is -0.479 e. The Morgan fingerprint density at radius 3 is 2.50 bits per heavy atom. The largest absolute Gasteiger partial charge is 0.479 e. The molecule has 0 aliphatic heterocycles. The third-order valence-electron chi connectivity index (χ3n) is 3.13. The maximum absolute atomic E-state index is 12.2. The summed E-state index contributed by atoms with van der Waals surface area (Å²) in [5.74, 6) is 0.195. The molecule has 0 saturated heterocycles. The molecule has 1 heterocycles. The van der Waals surface area contributed by atoms with E-state index in [-0.39, 0.29) is 11.9 Å². The third kappa shape index (κ3) is 4.36. The summed E-state index contributed by atoms with van der Waals surface area (Å²) in [5, 5.41) is 3.77. The first-order valence-corrected chi connectivity index (χ1v) is 7.55. The molecule has 0 saturated carbocycles. The Morgan fingerprint density at radius 2 is 1.86 bits per heavy atom. The van der Waals surface area contributed by atoms with E-state index in [0.717, 1.165) is 5.56 Å². The van der Waals surface area contributed by atoms with Crippen molar-refractivity contribution in [1.29, 1.82) is 0 Å². The molecule has 2 atom stereocenters. The lowest BCUT2D eigenvalue weighted by atomic mass is 10.1. The lowest BCUT2D eigenvalue weighted by Gasteiger charge is -2.19. The molecule has 2 rings (SSSR count). The van der Waals surface area contributed by atoms with E-state index in [1.54, 1.807) is 37.5 Å². The number of nitrogens with one attached hydrogen (secondary N) is 1. The van der Waals surface area contributed by atoms with E-state index in [1.165, 1.54) is 0 Å². The molecular weight excluding hydrogens is 323 g/mol. The molecule has 1 N–H and O–H groups in total. The van der Waals surface area contributed by atoms with E-state index >= 15 is 0 Å². The van der Waals surface area contributed by atoms with Gasteiger partial charge in [0.25, 0.3) is 5.91 Å². The van der Waals surface area contributed by atoms with Gasteiger partial charge in [-0.3, -0.25) is 9.78 Å². The molecule has 0 unspecified atom stereocenters. The average molecular weight is 339 g/mol. The molecule has 0 aliphatic rings. The molecule has 2 aromatic rings. The van der Waals surface area contributed by atoms with Crippen molar-refractivity contribution in [2.45, 2.75) is 26.0 Å². The molecule has 4 nitrogen and oxygen atoms in total. The van der Waals surface area contributed by atoms with Gasteiger partial charge in [0.15, 0.2) is 6.10 Å². The summed E-state index contributed by atoms with van der Waals surface area (Å²) in [5.41, 5.74) is 0.972. The number of nitrogens with zero attached hydrogens (tertiary/aromatic N) is 1. The van der Waals surface area contributed by atoms with Crippen LogP contribution in [0.1, 0.15) is 25.5 Å². The van der Waals surface area contributed by atoms with Crippen LogP contribution in [-0.2, 0) is 4.79 Å². The van der Waals surface area contributed by atoms with Crippen molar-refractivity contribution < 1.29 is 9.53 Å². The maximum Gasteiger partial charge on any atom is 0.261 e. The van der Waals surface area contributed by atoms with E-state index in [4.69, 9.17) is 27.9 Å². The van der Waals surface area contributed by atoms with Crippen molar-refractivity contribution >= 4 is 29.1 Å². The number of carbonyl (C=O) groups is 1. The number of aromatic nitrogens is 1. The van der Waals surface area contributed by atoms with Crippen LogP contribution in [-0.4, -0.2) is 17.0 Å². The average Bonchev–Trinajstić information content (AvgIpc) is 2.50. The Hall–Kier alpha value is -1.78. The third-order valence-corrected chi connectivity index (χ3v) is 3.66. The smallest absolute Gasteiger partial charge is 0.261 e. The van der Waals surface area contributed by atoms with Gasteiger partial charge in [0.05, 0.1) is 11.1 Å². The fraction of sp³-hybridized carbons (Fsp3) is 0.250. The molecule has 0 fully saturated rings. The van der Waals surface area contributed by atoms with Crippen LogP contribution in [0.15, 0.2) is 42.7 Å². The number of amides is 1. The fourth-order valence-corrected chi connectivity index (χ4v) is 2.33. The number of benzene rings is 1. The molecule has 116 valence electrons. The van der Waals surface area contributed by atoms with Gasteiger partial charge in [-0.15, -0.1) is 0 Å². The first-order chi connectivity index (χ1) is 10.5. The highest BCUT2D eigenvalue weighted by atomic mass is 35.5. The molecule has 0 bridgehead atoms. The van der Waals surface area contributed by atoms with Crippen LogP contribution < -0.4 is 10.1 Å². The molecule has 6 heteroatoms. The molecule has 0 radical (unpaired) electrons. The van der Waals surface area contributed by atoms with Crippen LogP contribution in [0.3, 0.4) is 0 Å². The Balaban J connectivity index is 1.97. The quantitative estimate of drug-likeness (QED) is 0.895. The summed E-state index contributed by atoms with van der Waals surface area (Å²) >= 11 is 11.9. The van der Waals surface area contributed by atoms with E-state index in [2.05, 4.69) is 10.3 Å². The summed E-state index contributed by atoms with van der Waals surface area (Å²) in [6.45, 7) is 3.56. The number of pyridine rings is 1. The van der Waals surface area contributed by atoms with Crippen LogP contribution in [0.4, 0.5) is 0 Å². The lowest BCUT2D eigenvalue weighted by molar-refractivity contribution is -0.127. The Morgan fingerprint density at radius 1 is 1.18 bits per heavy atom. The molecule has 1 amide bonds. The van der Waals surface area contributed by atoms with Crippen molar-refractivity contribution in [3.8, 4) is 5.75 Å².